The van der Waals surface area contributed by atoms with E-state index in [4.69, 9.17) is 10.5 Å². The number of hydrogen-bond acceptors (Lipinski definition) is 3. The molecule has 0 unspecified atom stereocenters. The van der Waals surface area contributed by atoms with Crippen molar-refractivity contribution in [2.24, 2.45) is 11.7 Å². The summed E-state index contributed by atoms with van der Waals surface area (Å²) in [6, 6.07) is 0. The van der Waals surface area contributed by atoms with Gasteiger partial charge in [0.15, 0.2) is 0 Å². The first-order chi connectivity index (χ1) is 5.86. The second kappa shape index (κ2) is 5.51. The van der Waals surface area contributed by atoms with Gasteiger partial charge < -0.3 is 15.4 Å². The van der Waals surface area contributed by atoms with E-state index in [1.165, 1.54) is 19.5 Å². The number of nitrogens with two attached hydrogens (primary N) is 1. The fourth-order valence-corrected chi connectivity index (χ4v) is 1.72. The maximum Gasteiger partial charge on any atom is 0.0506 e. The highest BCUT2D eigenvalue weighted by Crippen LogP contribution is 2.15. The third-order valence-electron chi connectivity index (χ3n) is 2.37. The van der Waals surface area contributed by atoms with Gasteiger partial charge in [-0.1, -0.05) is 0 Å². The van der Waals surface area contributed by atoms with Crippen LogP contribution in [0.3, 0.4) is 0 Å². The molecule has 1 aliphatic heterocycles. The summed E-state index contributed by atoms with van der Waals surface area (Å²) in [5, 5.41) is 0. The van der Waals surface area contributed by atoms with Gasteiger partial charge in [0, 0.05) is 26.2 Å². The van der Waals surface area contributed by atoms with E-state index in [9.17, 15) is 0 Å². The molecule has 0 aromatic carbocycles. The highest BCUT2D eigenvalue weighted by atomic mass is 16.5. The summed E-state index contributed by atoms with van der Waals surface area (Å²) in [7, 11) is 0. The summed E-state index contributed by atoms with van der Waals surface area (Å²) < 4.78 is 5.39. The molecule has 0 aromatic heterocycles. The van der Waals surface area contributed by atoms with E-state index in [0.29, 0.717) is 0 Å². The minimum atomic E-state index is 0.747. The zero-order chi connectivity index (χ0) is 8.81. The van der Waals surface area contributed by atoms with Crippen molar-refractivity contribution in [1.29, 1.82) is 0 Å². The summed E-state index contributed by atoms with van der Waals surface area (Å²) in [6.07, 6.45) is 1.28. The van der Waals surface area contributed by atoms with Gasteiger partial charge in [-0.3, -0.25) is 0 Å². The van der Waals surface area contributed by atoms with E-state index in [1.807, 2.05) is 6.92 Å². The SMILES string of the molecule is CCOC[C@@H]1CCN(CCN)C1. The lowest BCUT2D eigenvalue weighted by Gasteiger charge is -2.14. The van der Waals surface area contributed by atoms with Crippen molar-refractivity contribution in [1.82, 2.24) is 4.90 Å². The van der Waals surface area contributed by atoms with Crippen molar-refractivity contribution < 1.29 is 4.74 Å². The molecule has 1 saturated heterocycles. The molecule has 3 nitrogen and oxygen atoms in total. The van der Waals surface area contributed by atoms with Gasteiger partial charge in [-0.25, -0.2) is 0 Å². The van der Waals surface area contributed by atoms with Crippen LogP contribution in [0.1, 0.15) is 13.3 Å². The Kier molecular flexibility index (Phi) is 4.58. The Labute approximate surface area is 74.9 Å². The molecule has 1 atom stereocenters. The van der Waals surface area contributed by atoms with Crippen molar-refractivity contribution in [3.05, 3.63) is 0 Å². The largest absolute Gasteiger partial charge is 0.381 e. The molecule has 0 saturated carbocycles. The van der Waals surface area contributed by atoms with Crippen LogP contribution >= 0.6 is 0 Å². The van der Waals surface area contributed by atoms with E-state index >= 15 is 0 Å². The van der Waals surface area contributed by atoms with Gasteiger partial charge in [-0.2, -0.15) is 0 Å². The van der Waals surface area contributed by atoms with Crippen molar-refractivity contribution >= 4 is 0 Å². The second-order valence-electron chi connectivity index (χ2n) is 3.40. The second-order valence-corrected chi connectivity index (χ2v) is 3.40. The van der Waals surface area contributed by atoms with E-state index < -0.39 is 0 Å². The van der Waals surface area contributed by atoms with Gasteiger partial charge in [0.25, 0.3) is 0 Å². The summed E-state index contributed by atoms with van der Waals surface area (Å²) in [5.74, 6) is 0.747. The maximum absolute atomic E-state index is 5.48. The van der Waals surface area contributed by atoms with Gasteiger partial charge >= 0.3 is 0 Å². The lowest BCUT2D eigenvalue weighted by Crippen LogP contribution is -2.27. The summed E-state index contributed by atoms with van der Waals surface area (Å²) >= 11 is 0. The zero-order valence-corrected chi connectivity index (χ0v) is 7.96. The van der Waals surface area contributed by atoms with Crippen LogP contribution in [0, 0.1) is 5.92 Å². The summed E-state index contributed by atoms with van der Waals surface area (Å²) in [5.41, 5.74) is 5.48. The van der Waals surface area contributed by atoms with Gasteiger partial charge in [-0.15, -0.1) is 0 Å². The van der Waals surface area contributed by atoms with Crippen molar-refractivity contribution in [2.75, 3.05) is 39.4 Å². The lowest BCUT2D eigenvalue weighted by molar-refractivity contribution is 0.112. The molecule has 0 aromatic rings. The molecule has 0 aliphatic carbocycles. The third-order valence-corrected chi connectivity index (χ3v) is 2.37. The molecule has 1 aliphatic rings. The highest BCUT2D eigenvalue weighted by molar-refractivity contribution is 4.75. The summed E-state index contributed by atoms with van der Waals surface area (Å²) in [4.78, 5) is 2.42. The van der Waals surface area contributed by atoms with Crippen molar-refractivity contribution in [3.8, 4) is 0 Å². The van der Waals surface area contributed by atoms with Crippen LogP contribution in [0.2, 0.25) is 0 Å². The Balaban J connectivity index is 2.08. The van der Waals surface area contributed by atoms with Crippen LogP contribution in [0.15, 0.2) is 0 Å². The number of rotatable bonds is 5. The zero-order valence-electron chi connectivity index (χ0n) is 7.96. The third kappa shape index (κ3) is 3.09. The smallest absolute Gasteiger partial charge is 0.0506 e. The number of likely N-dealkylation sites (tertiary alicyclic amines) is 1. The lowest BCUT2D eigenvalue weighted by atomic mass is 10.1. The van der Waals surface area contributed by atoms with Gasteiger partial charge in [0.2, 0.25) is 0 Å². The molecule has 1 rings (SSSR count). The average Bonchev–Trinajstić information content (AvgIpc) is 2.50. The number of nitrogens with zero attached hydrogens (tertiary/aromatic N) is 1. The Morgan fingerprint density at radius 3 is 3.08 bits per heavy atom. The Morgan fingerprint density at radius 1 is 1.58 bits per heavy atom. The van der Waals surface area contributed by atoms with Crippen LogP contribution in [-0.2, 0) is 4.74 Å². The average molecular weight is 172 g/mol. The number of hydrogen-bond donors (Lipinski definition) is 1. The Hall–Kier alpha value is -0.120. The van der Waals surface area contributed by atoms with Crippen molar-refractivity contribution in [2.45, 2.75) is 13.3 Å². The van der Waals surface area contributed by atoms with Crippen LogP contribution < -0.4 is 5.73 Å². The topological polar surface area (TPSA) is 38.5 Å². The molecule has 0 bridgehead atoms. The van der Waals surface area contributed by atoms with E-state index in [0.717, 1.165) is 32.2 Å². The number of ether oxygens (including phenoxy) is 1. The van der Waals surface area contributed by atoms with E-state index in [2.05, 4.69) is 4.90 Å². The molecule has 2 N–H and O–H groups in total. The molecule has 72 valence electrons. The van der Waals surface area contributed by atoms with Crippen LogP contribution in [0.5, 0.6) is 0 Å². The summed E-state index contributed by atoms with van der Waals surface area (Å²) in [6.45, 7) is 8.02. The Morgan fingerprint density at radius 2 is 2.42 bits per heavy atom. The molecule has 1 heterocycles. The predicted molar refractivity (Wildman–Crippen MR) is 50.1 cm³/mol. The monoisotopic (exact) mass is 172 g/mol. The molecule has 1 fully saturated rings. The maximum atomic E-state index is 5.48. The Bertz CT molecular complexity index is 119. The minimum Gasteiger partial charge on any atom is -0.381 e. The first-order valence-electron chi connectivity index (χ1n) is 4.87. The quantitative estimate of drug-likeness (QED) is 0.648. The van der Waals surface area contributed by atoms with Crippen LogP contribution in [0.25, 0.3) is 0 Å². The van der Waals surface area contributed by atoms with E-state index in [-0.39, 0.29) is 0 Å². The van der Waals surface area contributed by atoms with Crippen molar-refractivity contribution in [3.63, 3.8) is 0 Å². The first kappa shape index (κ1) is 9.96. The molecule has 0 amide bonds. The molecule has 12 heavy (non-hydrogen) atoms. The van der Waals surface area contributed by atoms with Gasteiger partial charge in [0.05, 0.1) is 6.61 Å². The van der Waals surface area contributed by atoms with Gasteiger partial charge in [0.1, 0.15) is 0 Å². The molecule has 0 spiro atoms. The highest BCUT2D eigenvalue weighted by Gasteiger charge is 2.21. The molecular weight excluding hydrogens is 152 g/mol. The van der Waals surface area contributed by atoms with E-state index in [1.54, 1.807) is 0 Å². The predicted octanol–water partition coefficient (Wildman–Crippen LogP) is 0.304. The van der Waals surface area contributed by atoms with Gasteiger partial charge in [-0.05, 0) is 25.8 Å². The van der Waals surface area contributed by atoms with Crippen LogP contribution in [0.4, 0.5) is 0 Å². The van der Waals surface area contributed by atoms with Crippen LogP contribution in [-0.4, -0.2) is 44.3 Å². The molecule has 3 heteroatoms. The molecule has 0 radical (unpaired) electrons. The standard InChI is InChI=1S/C9H20N2O/c1-2-12-8-9-3-5-11(7-9)6-4-10/h9H,2-8,10H2,1H3/t9-/m1/s1. The minimum absolute atomic E-state index is 0.747. The fraction of sp³-hybridized carbons (Fsp3) is 1.00. The normalized spacial score (nSPS) is 25.0. The fourth-order valence-electron chi connectivity index (χ4n) is 1.72. The molecular formula is C9H20N2O. The first-order valence-corrected chi connectivity index (χ1v) is 4.87.